The number of sulfone groups is 1. The minimum atomic E-state index is -3.26. The Morgan fingerprint density at radius 2 is 1.83 bits per heavy atom. The number of hydrogen-bond acceptors (Lipinski definition) is 4. The summed E-state index contributed by atoms with van der Waals surface area (Å²) in [6, 6.07) is 0. The second kappa shape index (κ2) is 2.52. The van der Waals surface area contributed by atoms with E-state index in [9.17, 15) is 8.42 Å². The quantitative estimate of drug-likeness (QED) is 0.711. The average Bonchev–Trinajstić information content (AvgIpc) is 2.05. The van der Waals surface area contributed by atoms with Crippen molar-refractivity contribution in [3.8, 4) is 0 Å². The van der Waals surface area contributed by atoms with Crippen molar-refractivity contribution >= 4 is 15.7 Å². The first-order valence-corrected chi connectivity index (χ1v) is 5.28. The molecule has 0 saturated carbocycles. The van der Waals surface area contributed by atoms with Gasteiger partial charge in [0.1, 0.15) is 10.7 Å². The van der Waals surface area contributed by atoms with Crippen molar-refractivity contribution in [2.24, 2.45) is 0 Å². The third-order valence-corrected chi connectivity index (χ3v) is 2.98. The molecule has 0 unspecified atom stereocenters. The largest absolute Gasteiger partial charge is 0.445 e. The van der Waals surface area contributed by atoms with E-state index in [1.54, 1.807) is 13.8 Å². The van der Waals surface area contributed by atoms with E-state index in [1.165, 1.54) is 0 Å². The highest BCUT2D eigenvalue weighted by molar-refractivity contribution is 7.91. The highest BCUT2D eigenvalue weighted by Crippen LogP contribution is 2.27. The second-order valence-corrected chi connectivity index (χ2v) is 4.70. The van der Waals surface area contributed by atoms with Crippen LogP contribution in [0.1, 0.15) is 11.3 Å². The molecule has 5 heteroatoms. The monoisotopic (exact) mass is 189 g/mol. The van der Waals surface area contributed by atoms with E-state index in [4.69, 9.17) is 10.2 Å². The molecule has 0 aromatic carbocycles. The van der Waals surface area contributed by atoms with Gasteiger partial charge >= 0.3 is 0 Å². The molecule has 1 rings (SSSR count). The van der Waals surface area contributed by atoms with Crippen LogP contribution in [0.5, 0.6) is 0 Å². The van der Waals surface area contributed by atoms with E-state index in [0.717, 1.165) is 6.26 Å². The molecular weight excluding hydrogens is 178 g/mol. The van der Waals surface area contributed by atoms with E-state index in [1.807, 2.05) is 0 Å². The summed E-state index contributed by atoms with van der Waals surface area (Å²) in [5, 5.41) is 0. The van der Waals surface area contributed by atoms with Gasteiger partial charge in [0, 0.05) is 11.8 Å². The van der Waals surface area contributed by atoms with Gasteiger partial charge in [-0.1, -0.05) is 0 Å². The van der Waals surface area contributed by atoms with Crippen molar-refractivity contribution in [1.29, 1.82) is 0 Å². The van der Waals surface area contributed by atoms with Crippen molar-refractivity contribution in [1.82, 2.24) is 0 Å². The molecule has 0 amide bonds. The lowest BCUT2D eigenvalue weighted by molar-refractivity contribution is 0.546. The van der Waals surface area contributed by atoms with Crippen LogP contribution in [0, 0.1) is 13.8 Å². The molecule has 0 aliphatic heterocycles. The predicted molar refractivity (Wildman–Crippen MR) is 45.7 cm³/mol. The van der Waals surface area contributed by atoms with Gasteiger partial charge in [0.05, 0.1) is 0 Å². The molecule has 0 spiro atoms. The van der Waals surface area contributed by atoms with Crippen molar-refractivity contribution < 1.29 is 12.8 Å². The summed E-state index contributed by atoms with van der Waals surface area (Å²) in [6.45, 7) is 3.35. The zero-order valence-corrected chi connectivity index (χ0v) is 8.03. The normalized spacial score (nSPS) is 11.9. The first kappa shape index (κ1) is 9.12. The van der Waals surface area contributed by atoms with Gasteiger partial charge in [0.2, 0.25) is 5.88 Å². The van der Waals surface area contributed by atoms with Crippen LogP contribution in [-0.2, 0) is 9.84 Å². The fraction of sp³-hybridized carbons (Fsp3) is 0.429. The molecule has 0 aliphatic carbocycles. The number of aryl methyl sites for hydroxylation is 1. The Balaban J connectivity index is 3.54. The van der Waals surface area contributed by atoms with Gasteiger partial charge in [-0.25, -0.2) is 8.42 Å². The first-order chi connectivity index (χ1) is 5.34. The molecule has 2 N–H and O–H groups in total. The summed E-state index contributed by atoms with van der Waals surface area (Å²) in [5.41, 5.74) is 5.98. The summed E-state index contributed by atoms with van der Waals surface area (Å²) < 4.78 is 27.3. The molecule has 0 aliphatic rings. The Bertz CT molecular complexity index is 403. The lowest BCUT2D eigenvalue weighted by Crippen LogP contribution is -2.01. The first-order valence-electron chi connectivity index (χ1n) is 3.39. The number of furan rings is 1. The van der Waals surface area contributed by atoms with E-state index in [-0.39, 0.29) is 10.8 Å². The van der Waals surface area contributed by atoms with Crippen LogP contribution in [0.15, 0.2) is 9.31 Å². The molecule has 1 heterocycles. The number of anilines is 1. The molecule has 1 aromatic heterocycles. The molecular formula is C7H11NO3S. The van der Waals surface area contributed by atoms with Crippen LogP contribution in [0.3, 0.4) is 0 Å². The maximum absolute atomic E-state index is 11.1. The van der Waals surface area contributed by atoms with Crippen molar-refractivity contribution in [2.45, 2.75) is 18.7 Å². The Labute approximate surface area is 71.3 Å². The molecule has 1 aromatic rings. The minimum Gasteiger partial charge on any atom is -0.445 e. The van der Waals surface area contributed by atoms with E-state index in [2.05, 4.69) is 0 Å². The minimum absolute atomic E-state index is 0.0208. The maximum Gasteiger partial charge on any atom is 0.209 e. The van der Waals surface area contributed by atoms with Gasteiger partial charge in [-0.05, 0) is 13.8 Å². The van der Waals surface area contributed by atoms with Crippen LogP contribution in [0.4, 0.5) is 5.88 Å². The van der Waals surface area contributed by atoms with Crippen LogP contribution in [-0.4, -0.2) is 14.7 Å². The lowest BCUT2D eigenvalue weighted by atomic mass is 10.3. The van der Waals surface area contributed by atoms with Gasteiger partial charge in [-0.2, -0.15) is 0 Å². The Kier molecular flexibility index (Phi) is 1.91. The maximum atomic E-state index is 11.1. The molecule has 0 fully saturated rings. The van der Waals surface area contributed by atoms with Crippen LogP contribution >= 0.6 is 0 Å². The van der Waals surface area contributed by atoms with Crippen LogP contribution < -0.4 is 5.73 Å². The number of rotatable bonds is 1. The SMILES string of the molecule is Cc1oc(N)c(S(C)(=O)=O)c1C. The van der Waals surface area contributed by atoms with E-state index < -0.39 is 9.84 Å². The Morgan fingerprint density at radius 3 is 2.00 bits per heavy atom. The van der Waals surface area contributed by atoms with Crippen LogP contribution in [0.25, 0.3) is 0 Å². The fourth-order valence-corrected chi connectivity index (χ4v) is 2.20. The van der Waals surface area contributed by atoms with Crippen molar-refractivity contribution in [2.75, 3.05) is 12.0 Å². The van der Waals surface area contributed by atoms with Gasteiger partial charge < -0.3 is 10.2 Å². The third-order valence-electron chi connectivity index (χ3n) is 1.73. The molecule has 0 atom stereocenters. The molecule has 68 valence electrons. The summed E-state index contributed by atoms with van der Waals surface area (Å²) in [5.74, 6) is 0.528. The zero-order chi connectivity index (χ0) is 9.52. The van der Waals surface area contributed by atoms with Crippen molar-refractivity contribution in [3.05, 3.63) is 11.3 Å². The summed E-state index contributed by atoms with van der Waals surface area (Å²) >= 11 is 0. The van der Waals surface area contributed by atoms with Gasteiger partial charge in [-0.3, -0.25) is 0 Å². The fourth-order valence-electron chi connectivity index (χ4n) is 1.09. The Morgan fingerprint density at radius 1 is 1.33 bits per heavy atom. The van der Waals surface area contributed by atoms with E-state index in [0.29, 0.717) is 11.3 Å². The topological polar surface area (TPSA) is 73.3 Å². The van der Waals surface area contributed by atoms with E-state index >= 15 is 0 Å². The smallest absolute Gasteiger partial charge is 0.209 e. The molecule has 12 heavy (non-hydrogen) atoms. The number of hydrogen-bond donors (Lipinski definition) is 1. The summed E-state index contributed by atoms with van der Waals surface area (Å²) in [4.78, 5) is 0.111. The highest BCUT2D eigenvalue weighted by Gasteiger charge is 2.20. The summed E-state index contributed by atoms with van der Waals surface area (Å²) in [6.07, 6.45) is 1.11. The van der Waals surface area contributed by atoms with Gasteiger partial charge in [-0.15, -0.1) is 0 Å². The number of nitrogen functional groups attached to an aromatic ring is 1. The van der Waals surface area contributed by atoms with Gasteiger partial charge in [0.25, 0.3) is 0 Å². The second-order valence-electron chi connectivity index (χ2n) is 2.75. The van der Waals surface area contributed by atoms with Crippen molar-refractivity contribution in [3.63, 3.8) is 0 Å². The molecule has 0 bridgehead atoms. The molecule has 4 nitrogen and oxygen atoms in total. The molecule has 0 saturated heterocycles. The summed E-state index contributed by atoms with van der Waals surface area (Å²) in [7, 11) is -3.26. The molecule has 0 radical (unpaired) electrons. The Hall–Kier alpha value is -0.970. The average molecular weight is 189 g/mol. The zero-order valence-electron chi connectivity index (χ0n) is 7.21. The number of nitrogens with two attached hydrogens (primary N) is 1. The predicted octanol–water partition coefficient (Wildman–Crippen LogP) is 0.882. The third kappa shape index (κ3) is 1.32. The lowest BCUT2D eigenvalue weighted by Gasteiger charge is -1.94. The van der Waals surface area contributed by atoms with Gasteiger partial charge in [0.15, 0.2) is 9.84 Å². The standard InChI is InChI=1S/C7H11NO3S/c1-4-5(2)11-7(8)6(4)12(3,9)10/h8H2,1-3H3. The highest BCUT2D eigenvalue weighted by atomic mass is 32.2. The van der Waals surface area contributed by atoms with Crippen LogP contribution in [0.2, 0.25) is 0 Å².